The number of benzene rings is 2. The van der Waals surface area contributed by atoms with E-state index in [0.29, 0.717) is 12.2 Å². The predicted molar refractivity (Wildman–Crippen MR) is 85.8 cm³/mol. The van der Waals surface area contributed by atoms with Gasteiger partial charge in [0.2, 0.25) is 0 Å². The zero-order valence-corrected chi connectivity index (χ0v) is 13.3. The maximum atomic E-state index is 12.5. The Hall–Kier alpha value is -1.85. The van der Waals surface area contributed by atoms with Gasteiger partial charge in [0, 0.05) is 6.54 Å². The molecule has 3 N–H and O–H groups in total. The molecule has 4 nitrogen and oxygen atoms in total. The van der Waals surface area contributed by atoms with Crippen LogP contribution in [0.15, 0.2) is 41.3 Å². The molecule has 0 radical (unpaired) electrons. The SMILES string of the molecule is Cc1cc(C)c(NS(=O)(=O)c2cccc(CN)c2)c(C)c1. The van der Waals surface area contributed by atoms with Gasteiger partial charge in [-0.2, -0.15) is 0 Å². The van der Waals surface area contributed by atoms with Crippen molar-refractivity contribution in [1.82, 2.24) is 0 Å². The molecule has 0 saturated heterocycles. The van der Waals surface area contributed by atoms with Crippen molar-refractivity contribution in [3.63, 3.8) is 0 Å². The molecule has 0 saturated carbocycles. The zero-order chi connectivity index (χ0) is 15.6. The second kappa shape index (κ2) is 5.87. The summed E-state index contributed by atoms with van der Waals surface area (Å²) in [6.45, 7) is 6.09. The second-order valence-electron chi connectivity index (χ2n) is 5.23. The van der Waals surface area contributed by atoms with Crippen molar-refractivity contribution in [3.05, 3.63) is 58.7 Å². The van der Waals surface area contributed by atoms with E-state index in [2.05, 4.69) is 4.72 Å². The summed E-state index contributed by atoms with van der Waals surface area (Å²) >= 11 is 0. The minimum atomic E-state index is -3.61. The number of hydrogen-bond donors (Lipinski definition) is 2. The van der Waals surface area contributed by atoms with Crippen LogP contribution in [0.4, 0.5) is 5.69 Å². The van der Waals surface area contributed by atoms with Gasteiger partial charge in [0.1, 0.15) is 0 Å². The van der Waals surface area contributed by atoms with E-state index in [-0.39, 0.29) is 4.90 Å². The highest BCUT2D eigenvalue weighted by Gasteiger charge is 2.17. The smallest absolute Gasteiger partial charge is 0.261 e. The van der Waals surface area contributed by atoms with E-state index in [1.807, 2.05) is 32.9 Å². The van der Waals surface area contributed by atoms with Crippen LogP contribution in [0.3, 0.4) is 0 Å². The monoisotopic (exact) mass is 304 g/mol. The number of nitrogens with one attached hydrogen (secondary N) is 1. The molecule has 2 rings (SSSR count). The summed E-state index contributed by atoms with van der Waals surface area (Å²) in [4.78, 5) is 0.227. The molecule has 0 aliphatic heterocycles. The van der Waals surface area contributed by atoms with Crippen molar-refractivity contribution >= 4 is 15.7 Å². The van der Waals surface area contributed by atoms with Crippen molar-refractivity contribution in [2.75, 3.05) is 4.72 Å². The lowest BCUT2D eigenvalue weighted by molar-refractivity contribution is 0.601. The van der Waals surface area contributed by atoms with Gasteiger partial charge in [-0.15, -0.1) is 0 Å². The molecule has 0 aromatic heterocycles. The first-order valence-electron chi connectivity index (χ1n) is 6.73. The molecule has 0 spiro atoms. The Morgan fingerprint density at radius 2 is 1.67 bits per heavy atom. The summed E-state index contributed by atoms with van der Waals surface area (Å²) in [7, 11) is -3.61. The van der Waals surface area contributed by atoms with Crippen LogP contribution in [0.25, 0.3) is 0 Å². The third-order valence-corrected chi connectivity index (χ3v) is 4.71. The number of aryl methyl sites for hydroxylation is 3. The molecule has 0 aliphatic carbocycles. The van der Waals surface area contributed by atoms with Crippen LogP contribution in [0.2, 0.25) is 0 Å². The fourth-order valence-electron chi connectivity index (χ4n) is 2.37. The minimum Gasteiger partial charge on any atom is -0.326 e. The zero-order valence-electron chi connectivity index (χ0n) is 12.5. The average molecular weight is 304 g/mol. The molecular formula is C16H20N2O2S. The molecule has 0 heterocycles. The number of anilines is 1. The van der Waals surface area contributed by atoms with Crippen molar-refractivity contribution in [1.29, 1.82) is 0 Å². The Morgan fingerprint density at radius 3 is 2.24 bits per heavy atom. The lowest BCUT2D eigenvalue weighted by Crippen LogP contribution is -2.15. The van der Waals surface area contributed by atoms with Gasteiger partial charge < -0.3 is 5.73 Å². The van der Waals surface area contributed by atoms with Gasteiger partial charge in [0.25, 0.3) is 10.0 Å². The van der Waals surface area contributed by atoms with Crippen LogP contribution in [-0.4, -0.2) is 8.42 Å². The Kier molecular flexibility index (Phi) is 4.34. The first kappa shape index (κ1) is 15.5. The van der Waals surface area contributed by atoms with Crippen molar-refractivity contribution in [2.45, 2.75) is 32.2 Å². The van der Waals surface area contributed by atoms with Crippen molar-refractivity contribution in [2.24, 2.45) is 5.73 Å². The molecule has 0 atom stereocenters. The van der Waals surface area contributed by atoms with Gasteiger partial charge in [-0.3, -0.25) is 4.72 Å². The van der Waals surface area contributed by atoms with Gasteiger partial charge in [0.05, 0.1) is 10.6 Å². The van der Waals surface area contributed by atoms with Crippen LogP contribution in [0.5, 0.6) is 0 Å². The summed E-state index contributed by atoms with van der Waals surface area (Å²) in [6, 6.07) is 10.6. The largest absolute Gasteiger partial charge is 0.326 e. The molecule has 2 aromatic carbocycles. The normalized spacial score (nSPS) is 11.4. The fraction of sp³-hybridized carbons (Fsp3) is 0.250. The first-order valence-corrected chi connectivity index (χ1v) is 8.21. The lowest BCUT2D eigenvalue weighted by Gasteiger charge is -2.14. The molecule has 21 heavy (non-hydrogen) atoms. The summed E-state index contributed by atoms with van der Waals surface area (Å²) in [6.07, 6.45) is 0. The van der Waals surface area contributed by atoms with Gasteiger partial charge in [0.15, 0.2) is 0 Å². The van der Waals surface area contributed by atoms with Crippen molar-refractivity contribution < 1.29 is 8.42 Å². The van der Waals surface area contributed by atoms with Gasteiger partial charge >= 0.3 is 0 Å². The average Bonchev–Trinajstić information content (AvgIpc) is 2.43. The maximum Gasteiger partial charge on any atom is 0.261 e. The number of hydrogen-bond acceptors (Lipinski definition) is 3. The predicted octanol–water partition coefficient (Wildman–Crippen LogP) is 2.87. The van der Waals surface area contributed by atoms with E-state index < -0.39 is 10.0 Å². The molecule has 5 heteroatoms. The summed E-state index contributed by atoms with van der Waals surface area (Å²) in [5, 5.41) is 0. The van der Waals surface area contributed by atoms with Crippen LogP contribution < -0.4 is 10.5 Å². The molecule has 0 bridgehead atoms. The van der Waals surface area contributed by atoms with Crippen molar-refractivity contribution in [3.8, 4) is 0 Å². The van der Waals surface area contributed by atoms with E-state index in [0.717, 1.165) is 22.3 Å². The summed E-state index contributed by atoms with van der Waals surface area (Å²) in [5.41, 5.74) is 9.92. The highest BCUT2D eigenvalue weighted by Crippen LogP contribution is 2.25. The molecular weight excluding hydrogens is 284 g/mol. The van der Waals surface area contributed by atoms with Gasteiger partial charge in [-0.25, -0.2) is 8.42 Å². The molecule has 0 fully saturated rings. The minimum absolute atomic E-state index is 0.227. The standard InChI is InChI=1S/C16H20N2O2S/c1-11-7-12(2)16(13(3)8-11)18-21(19,20)15-6-4-5-14(9-15)10-17/h4-9,18H,10,17H2,1-3H3. The maximum absolute atomic E-state index is 12.5. The Labute approximate surface area is 126 Å². The molecule has 0 aliphatic rings. The lowest BCUT2D eigenvalue weighted by atomic mass is 10.1. The Morgan fingerprint density at radius 1 is 1.05 bits per heavy atom. The summed E-state index contributed by atoms with van der Waals surface area (Å²) in [5.74, 6) is 0. The Balaban J connectivity index is 2.42. The first-order chi connectivity index (χ1) is 9.83. The highest BCUT2D eigenvalue weighted by atomic mass is 32.2. The van der Waals surface area contributed by atoms with Gasteiger partial charge in [-0.05, 0) is 49.6 Å². The Bertz CT molecular complexity index is 745. The van der Waals surface area contributed by atoms with E-state index in [1.165, 1.54) is 0 Å². The number of rotatable bonds is 4. The number of sulfonamides is 1. The molecule has 0 unspecified atom stereocenters. The van der Waals surface area contributed by atoms with Crippen LogP contribution in [-0.2, 0) is 16.6 Å². The van der Waals surface area contributed by atoms with E-state index in [4.69, 9.17) is 5.73 Å². The third-order valence-electron chi connectivity index (χ3n) is 3.36. The second-order valence-corrected chi connectivity index (χ2v) is 6.91. The quantitative estimate of drug-likeness (QED) is 0.912. The highest BCUT2D eigenvalue weighted by molar-refractivity contribution is 7.92. The molecule has 112 valence electrons. The van der Waals surface area contributed by atoms with Gasteiger partial charge in [-0.1, -0.05) is 29.8 Å². The van der Waals surface area contributed by atoms with E-state index in [1.54, 1.807) is 24.3 Å². The van der Waals surface area contributed by atoms with E-state index in [9.17, 15) is 8.42 Å². The van der Waals surface area contributed by atoms with Crippen LogP contribution in [0.1, 0.15) is 22.3 Å². The van der Waals surface area contributed by atoms with E-state index >= 15 is 0 Å². The van der Waals surface area contributed by atoms with Crippen LogP contribution >= 0.6 is 0 Å². The number of nitrogens with two attached hydrogens (primary N) is 1. The van der Waals surface area contributed by atoms with Crippen LogP contribution in [0, 0.1) is 20.8 Å². The fourth-order valence-corrected chi connectivity index (χ4v) is 3.65. The topological polar surface area (TPSA) is 72.2 Å². The molecule has 0 amide bonds. The molecule has 2 aromatic rings. The third kappa shape index (κ3) is 3.43. The summed E-state index contributed by atoms with van der Waals surface area (Å²) < 4.78 is 27.7.